The normalized spacial score (nSPS) is 16.6. The quantitative estimate of drug-likeness (QED) is 0.189. The lowest BCUT2D eigenvalue weighted by atomic mass is 9.86. The fourth-order valence-corrected chi connectivity index (χ4v) is 8.01. The molecule has 6 heteroatoms. The lowest BCUT2D eigenvalue weighted by Gasteiger charge is -2.25. The number of carbonyl (C=O) groups excluding carboxylic acids is 1. The van der Waals surface area contributed by atoms with Crippen LogP contribution in [0.2, 0.25) is 0 Å². The van der Waals surface area contributed by atoms with Gasteiger partial charge in [-0.15, -0.1) is 0 Å². The Labute approximate surface area is 210 Å². The molecule has 0 bridgehead atoms. The second-order valence-corrected chi connectivity index (χ2v) is 14.4. The fourth-order valence-electron chi connectivity index (χ4n) is 3.87. The zero-order valence-corrected chi connectivity index (χ0v) is 22.4. The van der Waals surface area contributed by atoms with Gasteiger partial charge in [-0.3, -0.25) is 4.79 Å². The second kappa shape index (κ2) is 11.1. The van der Waals surface area contributed by atoms with Gasteiger partial charge in [-0.05, 0) is 65.7 Å². The van der Waals surface area contributed by atoms with Gasteiger partial charge in [-0.1, -0.05) is 81.1 Å². The van der Waals surface area contributed by atoms with Gasteiger partial charge in [-0.25, -0.2) is 10.9 Å². The Kier molecular flexibility index (Phi) is 8.66. The average Bonchev–Trinajstić information content (AvgIpc) is 3.32. The molecule has 1 aliphatic rings. The van der Waals surface area contributed by atoms with Gasteiger partial charge in [0.1, 0.15) is 10.5 Å². The molecule has 1 heterocycles. The third kappa shape index (κ3) is 7.09. The summed E-state index contributed by atoms with van der Waals surface area (Å²) in [4.78, 5) is 14.2. The number of rotatable bonds is 7. The number of nitrogens with zero attached hydrogens (tertiary/aromatic N) is 1. The summed E-state index contributed by atoms with van der Waals surface area (Å²) < 4.78 is 5.79. The molecule has 3 rings (SSSR count). The van der Waals surface area contributed by atoms with Crippen LogP contribution in [-0.4, -0.2) is 26.4 Å². The van der Waals surface area contributed by atoms with Gasteiger partial charge in [-0.2, -0.15) is 5.26 Å². The average molecular weight is 500 g/mol. The minimum atomic E-state index is -0.798. The Balaban J connectivity index is 1.69. The largest absolute Gasteiger partial charge is 0.426 e. The standard InChI is InChI=1S/C27H33NO2S3/c1-26(2,3)22-13-12-21(33-16-8-9-17-33)18-23(22)30-24(29)14-15-27(4,19-28)32-25(31)20-10-6-5-7-11-20/h5-7,10-13,18,33H,8-9,14-17H2,1-4H3. The first-order chi connectivity index (χ1) is 15.6. The van der Waals surface area contributed by atoms with E-state index >= 15 is 0 Å². The number of carbonyl (C=O) groups is 1. The molecule has 3 nitrogen and oxygen atoms in total. The van der Waals surface area contributed by atoms with Gasteiger partial charge in [0.25, 0.3) is 0 Å². The molecule has 0 N–H and O–H groups in total. The summed E-state index contributed by atoms with van der Waals surface area (Å²) in [6.45, 7) is 8.24. The summed E-state index contributed by atoms with van der Waals surface area (Å²) >= 11 is 6.88. The topological polar surface area (TPSA) is 50.1 Å². The third-order valence-corrected chi connectivity index (χ3v) is 10.2. The highest BCUT2D eigenvalue weighted by atomic mass is 32.2. The number of thioether (sulfide) groups is 1. The number of benzene rings is 2. The highest BCUT2D eigenvalue weighted by Gasteiger charge is 2.29. The highest BCUT2D eigenvalue weighted by Crippen LogP contribution is 2.45. The van der Waals surface area contributed by atoms with Crippen LogP contribution in [0.1, 0.15) is 64.5 Å². The molecule has 1 fully saturated rings. The van der Waals surface area contributed by atoms with E-state index < -0.39 is 4.75 Å². The van der Waals surface area contributed by atoms with E-state index in [0.717, 1.165) is 11.1 Å². The number of thiocarbonyl (C=S) groups is 1. The van der Waals surface area contributed by atoms with Crippen molar-refractivity contribution in [2.45, 2.75) is 68.4 Å². The lowest BCUT2D eigenvalue weighted by molar-refractivity contribution is -0.134. The molecule has 0 amide bonds. The predicted octanol–water partition coefficient (Wildman–Crippen LogP) is 7.21. The van der Waals surface area contributed by atoms with Crippen molar-refractivity contribution in [3.8, 4) is 11.8 Å². The van der Waals surface area contributed by atoms with Crippen LogP contribution in [0.4, 0.5) is 0 Å². The van der Waals surface area contributed by atoms with E-state index in [9.17, 15) is 10.1 Å². The number of hydrogen-bond donors (Lipinski definition) is 1. The number of ether oxygens (including phenoxy) is 1. The van der Waals surface area contributed by atoms with Crippen molar-refractivity contribution in [1.82, 2.24) is 0 Å². The Morgan fingerprint density at radius 2 is 1.79 bits per heavy atom. The maximum absolute atomic E-state index is 12.9. The van der Waals surface area contributed by atoms with Gasteiger partial charge < -0.3 is 4.74 Å². The molecule has 0 spiro atoms. The van der Waals surface area contributed by atoms with Crippen molar-refractivity contribution >= 4 is 45.0 Å². The molecule has 176 valence electrons. The van der Waals surface area contributed by atoms with E-state index in [-0.39, 0.29) is 28.7 Å². The molecule has 0 radical (unpaired) electrons. The van der Waals surface area contributed by atoms with Crippen LogP contribution in [0.15, 0.2) is 53.4 Å². The van der Waals surface area contributed by atoms with Gasteiger partial charge in [0.05, 0.1) is 10.3 Å². The maximum Gasteiger partial charge on any atom is 0.311 e. The van der Waals surface area contributed by atoms with Crippen molar-refractivity contribution in [1.29, 1.82) is 5.26 Å². The molecule has 1 saturated heterocycles. The first-order valence-electron chi connectivity index (χ1n) is 11.4. The number of hydrogen-bond acceptors (Lipinski definition) is 5. The van der Waals surface area contributed by atoms with Crippen molar-refractivity contribution < 1.29 is 9.53 Å². The van der Waals surface area contributed by atoms with Crippen molar-refractivity contribution in [3.63, 3.8) is 0 Å². The molecule has 2 aromatic carbocycles. The first-order valence-corrected chi connectivity index (χ1v) is 14.3. The summed E-state index contributed by atoms with van der Waals surface area (Å²) in [5, 5.41) is 9.81. The third-order valence-electron chi connectivity index (χ3n) is 5.84. The second-order valence-electron chi connectivity index (χ2n) is 9.70. The van der Waals surface area contributed by atoms with E-state index in [1.165, 1.54) is 41.0 Å². The van der Waals surface area contributed by atoms with Crippen molar-refractivity contribution in [2.24, 2.45) is 0 Å². The summed E-state index contributed by atoms with van der Waals surface area (Å²) in [6, 6.07) is 18.5. The molecule has 0 saturated carbocycles. The molecule has 1 aliphatic heterocycles. The van der Waals surface area contributed by atoms with E-state index in [1.807, 2.05) is 37.3 Å². The number of nitriles is 1. The molecule has 0 aliphatic carbocycles. The Bertz CT molecular complexity index is 1030. The number of esters is 1. The summed E-state index contributed by atoms with van der Waals surface area (Å²) in [5.74, 6) is 2.89. The Morgan fingerprint density at radius 3 is 2.39 bits per heavy atom. The molecule has 0 aromatic heterocycles. The van der Waals surface area contributed by atoms with Crippen molar-refractivity contribution in [3.05, 3.63) is 59.7 Å². The van der Waals surface area contributed by atoms with Gasteiger partial charge in [0.2, 0.25) is 0 Å². The first kappa shape index (κ1) is 25.8. The van der Waals surface area contributed by atoms with E-state index in [2.05, 4.69) is 45.0 Å². The molecule has 33 heavy (non-hydrogen) atoms. The predicted molar refractivity (Wildman–Crippen MR) is 146 cm³/mol. The summed E-state index contributed by atoms with van der Waals surface area (Å²) in [5.41, 5.74) is 1.83. The summed E-state index contributed by atoms with van der Waals surface area (Å²) in [6.07, 6.45) is 3.11. The van der Waals surface area contributed by atoms with Crippen molar-refractivity contribution in [2.75, 3.05) is 11.5 Å². The highest BCUT2D eigenvalue weighted by molar-refractivity contribution is 8.24. The van der Waals surface area contributed by atoms with Gasteiger partial charge >= 0.3 is 5.97 Å². The monoisotopic (exact) mass is 499 g/mol. The maximum atomic E-state index is 12.9. The summed E-state index contributed by atoms with van der Waals surface area (Å²) in [7, 11) is -0.143. The molecular formula is C27H33NO2S3. The van der Waals surface area contributed by atoms with Gasteiger partial charge in [0.15, 0.2) is 0 Å². The number of thiol groups is 1. The minimum Gasteiger partial charge on any atom is -0.426 e. The molecular weight excluding hydrogens is 467 g/mol. The molecule has 1 unspecified atom stereocenters. The Hall–Kier alpha value is -1.81. The van der Waals surface area contributed by atoms with E-state index in [1.54, 1.807) is 0 Å². The zero-order chi connectivity index (χ0) is 24.1. The van der Waals surface area contributed by atoms with Crippen LogP contribution in [-0.2, 0) is 10.2 Å². The fraction of sp³-hybridized carbons (Fsp3) is 0.444. The van der Waals surface area contributed by atoms with Crippen LogP contribution in [0.5, 0.6) is 5.75 Å². The van der Waals surface area contributed by atoms with Crippen LogP contribution >= 0.6 is 34.9 Å². The molecule has 1 atom stereocenters. The van der Waals surface area contributed by atoms with Crippen LogP contribution in [0.3, 0.4) is 0 Å². The van der Waals surface area contributed by atoms with Crippen LogP contribution < -0.4 is 4.74 Å². The SMILES string of the molecule is CC(C#N)(CCC(=O)Oc1cc([SH]2CCCC2)ccc1C(C)(C)C)SC(=S)c1ccccc1. The zero-order valence-electron chi connectivity index (χ0n) is 19.9. The lowest BCUT2D eigenvalue weighted by Crippen LogP contribution is -2.23. The van der Waals surface area contributed by atoms with E-state index in [4.69, 9.17) is 17.0 Å². The van der Waals surface area contributed by atoms with Crippen LogP contribution in [0, 0.1) is 11.3 Å². The molecule has 2 aromatic rings. The minimum absolute atomic E-state index is 0.129. The van der Waals surface area contributed by atoms with E-state index in [0.29, 0.717) is 16.4 Å². The smallest absolute Gasteiger partial charge is 0.311 e. The Morgan fingerprint density at radius 1 is 1.12 bits per heavy atom. The van der Waals surface area contributed by atoms with Crippen LogP contribution in [0.25, 0.3) is 0 Å². The van der Waals surface area contributed by atoms with Gasteiger partial charge in [0, 0.05) is 12.0 Å².